The second-order valence-corrected chi connectivity index (χ2v) is 4.63. The molecule has 2 rings (SSSR count). The lowest BCUT2D eigenvalue weighted by molar-refractivity contribution is 0.0505. The fourth-order valence-electron chi connectivity index (χ4n) is 2.19. The number of hydrogen-bond acceptors (Lipinski definition) is 4. The van der Waals surface area contributed by atoms with Crippen LogP contribution in [0.15, 0.2) is 18.6 Å². The Kier molecular flexibility index (Phi) is 7.16. The number of nitrogens with one attached hydrogen (secondary N) is 1. The van der Waals surface area contributed by atoms with Crippen LogP contribution in [0.4, 0.5) is 0 Å². The molecule has 1 atom stereocenters. The van der Waals surface area contributed by atoms with Gasteiger partial charge in [-0.25, -0.2) is 0 Å². The molecule has 1 saturated heterocycles. The lowest BCUT2D eigenvalue weighted by Crippen LogP contribution is -2.28. The van der Waals surface area contributed by atoms with E-state index < -0.39 is 0 Å². The zero-order chi connectivity index (χ0) is 11.9. The first-order chi connectivity index (χ1) is 8.36. The Morgan fingerprint density at radius 3 is 2.83 bits per heavy atom. The third-order valence-electron chi connectivity index (χ3n) is 3.35. The maximum atomic E-state index is 5.81. The Morgan fingerprint density at radius 2 is 2.17 bits per heavy atom. The summed E-state index contributed by atoms with van der Waals surface area (Å²) >= 11 is 0. The second kappa shape index (κ2) is 8.40. The van der Waals surface area contributed by atoms with Crippen molar-refractivity contribution in [3.05, 3.63) is 24.3 Å². The number of hydrogen-bond donors (Lipinski definition) is 1. The molecule has 1 N–H and O–H groups in total. The van der Waals surface area contributed by atoms with Crippen molar-refractivity contribution in [3.63, 3.8) is 0 Å². The van der Waals surface area contributed by atoms with E-state index in [1.54, 1.807) is 18.6 Å². The van der Waals surface area contributed by atoms with Crippen LogP contribution in [0.3, 0.4) is 0 Å². The highest BCUT2D eigenvalue weighted by Gasteiger charge is 2.14. The summed E-state index contributed by atoms with van der Waals surface area (Å²) < 4.78 is 5.81. The largest absolute Gasteiger partial charge is 0.372 e. The van der Waals surface area contributed by atoms with Crippen molar-refractivity contribution in [1.82, 2.24) is 15.3 Å². The lowest BCUT2D eigenvalue weighted by Gasteiger charge is -2.23. The van der Waals surface area contributed by atoms with Crippen LogP contribution < -0.4 is 5.32 Å². The van der Waals surface area contributed by atoms with Crippen LogP contribution in [-0.2, 0) is 4.74 Å². The average molecular weight is 272 g/mol. The van der Waals surface area contributed by atoms with E-state index in [1.165, 1.54) is 12.8 Å². The molecule has 1 aliphatic heterocycles. The Hall–Kier alpha value is -0.710. The van der Waals surface area contributed by atoms with Crippen molar-refractivity contribution in [2.45, 2.75) is 32.3 Å². The third kappa shape index (κ3) is 4.88. The van der Waals surface area contributed by atoms with Crippen LogP contribution in [0.5, 0.6) is 0 Å². The van der Waals surface area contributed by atoms with Crippen molar-refractivity contribution in [2.75, 3.05) is 19.7 Å². The Labute approximate surface area is 115 Å². The van der Waals surface area contributed by atoms with Crippen molar-refractivity contribution in [2.24, 2.45) is 5.92 Å². The number of nitrogens with zero attached hydrogens (tertiary/aromatic N) is 2. The zero-order valence-corrected chi connectivity index (χ0v) is 11.7. The Morgan fingerprint density at radius 1 is 1.39 bits per heavy atom. The summed E-state index contributed by atoms with van der Waals surface area (Å²) in [7, 11) is 0. The van der Waals surface area contributed by atoms with Gasteiger partial charge in [0.1, 0.15) is 0 Å². The molecule has 0 saturated carbocycles. The molecule has 5 heteroatoms. The summed E-state index contributed by atoms with van der Waals surface area (Å²) in [6, 6.07) is 0. The molecule has 1 aliphatic rings. The Bertz CT molecular complexity index is 317. The SMILES string of the molecule is CC(OCCC1CCNCC1)c1cnccn1.Cl. The highest BCUT2D eigenvalue weighted by atomic mass is 35.5. The summed E-state index contributed by atoms with van der Waals surface area (Å²) in [4.78, 5) is 8.30. The van der Waals surface area contributed by atoms with E-state index in [-0.39, 0.29) is 18.5 Å². The van der Waals surface area contributed by atoms with Gasteiger partial charge in [0.15, 0.2) is 0 Å². The van der Waals surface area contributed by atoms with E-state index in [2.05, 4.69) is 15.3 Å². The fourth-order valence-corrected chi connectivity index (χ4v) is 2.19. The van der Waals surface area contributed by atoms with Crippen molar-refractivity contribution in [3.8, 4) is 0 Å². The molecule has 1 aromatic heterocycles. The van der Waals surface area contributed by atoms with Crippen molar-refractivity contribution < 1.29 is 4.74 Å². The predicted octanol–water partition coefficient (Wildman–Crippen LogP) is 2.37. The van der Waals surface area contributed by atoms with Crippen LogP contribution in [0, 0.1) is 5.92 Å². The Balaban J connectivity index is 0.00000162. The van der Waals surface area contributed by atoms with Gasteiger partial charge in [0.2, 0.25) is 0 Å². The van der Waals surface area contributed by atoms with E-state index >= 15 is 0 Å². The molecule has 18 heavy (non-hydrogen) atoms. The van der Waals surface area contributed by atoms with E-state index in [4.69, 9.17) is 4.74 Å². The first-order valence-corrected chi connectivity index (χ1v) is 6.44. The average Bonchev–Trinajstić information content (AvgIpc) is 2.41. The van der Waals surface area contributed by atoms with Crippen molar-refractivity contribution in [1.29, 1.82) is 0 Å². The molecule has 0 bridgehead atoms. The highest BCUT2D eigenvalue weighted by molar-refractivity contribution is 5.85. The molecule has 0 radical (unpaired) electrons. The smallest absolute Gasteiger partial charge is 0.0982 e. The zero-order valence-electron chi connectivity index (χ0n) is 10.8. The molecule has 1 unspecified atom stereocenters. The van der Waals surface area contributed by atoms with Gasteiger partial charge < -0.3 is 10.1 Å². The number of halogens is 1. The lowest BCUT2D eigenvalue weighted by atomic mass is 9.95. The van der Waals surface area contributed by atoms with Gasteiger partial charge in [0.25, 0.3) is 0 Å². The van der Waals surface area contributed by atoms with Gasteiger partial charge in [-0.2, -0.15) is 0 Å². The molecule has 0 aromatic carbocycles. The molecular formula is C13H22ClN3O. The molecular weight excluding hydrogens is 250 g/mol. The molecule has 0 amide bonds. The van der Waals surface area contributed by atoms with Gasteiger partial charge in [-0.05, 0) is 45.2 Å². The molecule has 2 heterocycles. The fraction of sp³-hybridized carbons (Fsp3) is 0.692. The maximum absolute atomic E-state index is 5.81. The maximum Gasteiger partial charge on any atom is 0.0982 e. The summed E-state index contributed by atoms with van der Waals surface area (Å²) in [5.41, 5.74) is 0.915. The highest BCUT2D eigenvalue weighted by Crippen LogP contribution is 2.18. The van der Waals surface area contributed by atoms with Gasteiger partial charge in [0, 0.05) is 19.0 Å². The standard InChI is InChI=1S/C13H21N3O.ClH/c1-11(13-10-15-7-8-16-13)17-9-4-12-2-5-14-6-3-12;/h7-8,10-12,14H,2-6,9H2,1H3;1H. The topological polar surface area (TPSA) is 47.0 Å². The predicted molar refractivity (Wildman–Crippen MR) is 73.9 cm³/mol. The molecule has 0 aliphatic carbocycles. The number of piperidine rings is 1. The molecule has 4 nitrogen and oxygen atoms in total. The van der Waals surface area contributed by atoms with E-state index in [1.807, 2.05) is 6.92 Å². The van der Waals surface area contributed by atoms with Gasteiger partial charge in [-0.3, -0.25) is 9.97 Å². The molecule has 1 aromatic rings. The molecule has 1 fully saturated rings. The molecule has 0 spiro atoms. The molecule has 102 valence electrons. The summed E-state index contributed by atoms with van der Waals surface area (Å²) in [5, 5.41) is 3.38. The van der Waals surface area contributed by atoms with E-state index in [0.29, 0.717) is 0 Å². The van der Waals surface area contributed by atoms with Gasteiger partial charge in [0.05, 0.1) is 18.0 Å². The van der Waals surface area contributed by atoms with E-state index in [0.717, 1.165) is 37.7 Å². The van der Waals surface area contributed by atoms with Gasteiger partial charge in [-0.15, -0.1) is 12.4 Å². The van der Waals surface area contributed by atoms with Gasteiger partial charge in [-0.1, -0.05) is 0 Å². The number of aromatic nitrogens is 2. The van der Waals surface area contributed by atoms with E-state index in [9.17, 15) is 0 Å². The number of ether oxygens (including phenoxy) is 1. The minimum Gasteiger partial charge on any atom is -0.372 e. The quantitative estimate of drug-likeness (QED) is 0.893. The van der Waals surface area contributed by atoms with Gasteiger partial charge >= 0.3 is 0 Å². The first kappa shape index (κ1) is 15.3. The number of rotatable bonds is 5. The second-order valence-electron chi connectivity index (χ2n) is 4.63. The minimum atomic E-state index is 0. The van der Waals surface area contributed by atoms with Crippen LogP contribution in [-0.4, -0.2) is 29.7 Å². The van der Waals surface area contributed by atoms with Crippen LogP contribution in [0.2, 0.25) is 0 Å². The summed E-state index contributed by atoms with van der Waals surface area (Å²) in [6.07, 6.45) is 8.94. The van der Waals surface area contributed by atoms with Crippen LogP contribution in [0.1, 0.15) is 38.0 Å². The summed E-state index contributed by atoms with van der Waals surface area (Å²) in [6.45, 7) is 5.17. The summed E-state index contributed by atoms with van der Waals surface area (Å²) in [5.74, 6) is 0.824. The minimum absolute atomic E-state index is 0. The van der Waals surface area contributed by atoms with Crippen molar-refractivity contribution >= 4 is 12.4 Å². The normalized spacial score (nSPS) is 18.1. The van der Waals surface area contributed by atoms with Crippen LogP contribution in [0.25, 0.3) is 0 Å². The van der Waals surface area contributed by atoms with Crippen LogP contribution >= 0.6 is 12.4 Å². The third-order valence-corrected chi connectivity index (χ3v) is 3.35. The first-order valence-electron chi connectivity index (χ1n) is 6.44. The monoisotopic (exact) mass is 271 g/mol.